The van der Waals surface area contributed by atoms with Crippen molar-refractivity contribution in [2.45, 2.75) is 51.0 Å². The predicted octanol–water partition coefficient (Wildman–Crippen LogP) is 2.39. The SMILES string of the molecule is Cc1oc(C(=O)O)cc1S(=O)(=O)NC1CCC(C)CC1C. The van der Waals surface area contributed by atoms with Crippen LogP contribution in [0.3, 0.4) is 0 Å². The number of carboxylic acid groups (broad SMARTS) is 1. The maximum atomic E-state index is 12.4. The van der Waals surface area contributed by atoms with Crippen molar-refractivity contribution >= 4 is 16.0 Å². The maximum Gasteiger partial charge on any atom is 0.371 e. The molecule has 1 aromatic heterocycles. The summed E-state index contributed by atoms with van der Waals surface area (Å²) in [6.45, 7) is 5.65. The van der Waals surface area contributed by atoms with Crippen molar-refractivity contribution in [1.29, 1.82) is 0 Å². The second kappa shape index (κ2) is 5.81. The Kier molecular flexibility index (Phi) is 4.43. The van der Waals surface area contributed by atoms with Crippen molar-refractivity contribution in [3.05, 3.63) is 17.6 Å². The standard InChI is InChI=1S/C14H21NO5S/c1-8-4-5-11(9(2)6-8)15-21(18,19)13-7-12(14(16)17)20-10(13)3/h7-9,11,15H,4-6H2,1-3H3,(H,16,17). The van der Waals surface area contributed by atoms with Crippen LogP contribution >= 0.6 is 0 Å². The van der Waals surface area contributed by atoms with Gasteiger partial charge in [0.05, 0.1) is 0 Å². The molecule has 1 saturated carbocycles. The van der Waals surface area contributed by atoms with Gasteiger partial charge in [-0.2, -0.15) is 0 Å². The topological polar surface area (TPSA) is 96.6 Å². The van der Waals surface area contributed by atoms with E-state index in [1.54, 1.807) is 0 Å². The van der Waals surface area contributed by atoms with Gasteiger partial charge in [-0.1, -0.05) is 13.8 Å². The zero-order chi connectivity index (χ0) is 15.8. The summed E-state index contributed by atoms with van der Waals surface area (Å²) in [6.07, 6.45) is 2.77. The van der Waals surface area contributed by atoms with E-state index in [4.69, 9.17) is 9.52 Å². The molecule has 2 rings (SSSR count). The monoisotopic (exact) mass is 315 g/mol. The molecule has 0 spiro atoms. The second-order valence-electron chi connectivity index (χ2n) is 5.96. The molecule has 7 heteroatoms. The van der Waals surface area contributed by atoms with E-state index < -0.39 is 16.0 Å². The summed E-state index contributed by atoms with van der Waals surface area (Å²) in [7, 11) is -3.76. The van der Waals surface area contributed by atoms with Gasteiger partial charge in [-0.3, -0.25) is 0 Å². The summed E-state index contributed by atoms with van der Waals surface area (Å²) >= 11 is 0. The highest BCUT2D eigenvalue weighted by molar-refractivity contribution is 7.89. The number of aryl methyl sites for hydroxylation is 1. The molecule has 0 saturated heterocycles. The van der Waals surface area contributed by atoms with Crippen LogP contribution in [-0.2, 0) is 10.0 Å². The van der Waals surface area contributed by atoms with Crippen LogP contribution in [0.5, 0.6) is 0 Å². The minimum atomic E-state index is -3.76. The maximum absolute atomic E-state index is 12.4. The summed E-state index contributed by atoms with van der Waals surface area (Å²) in [4.78, 5) is 10.8. The van der Waals surface area contributed by atoms with Crippen LogP contribution in [0.25, 0.3) is 0 Å². The Balaban J connectivity index is 2.20. The van der Waals surface area contributed by atoms with Crippen LogP contribution < -0.4 is 4.72 Å². The molecular formula is C14H21NO5S. The molecule has 0 aromatic carbocycles. The summed E-state index contributed by atoms with van der Waals surface area (Å²) < 4.78 is 32.5. The molecule has 2 N–H and O–H groups in total. The molecular weight excluding hydrogens is 294 g/mol. The first-order chi connectivity index (χ1) is 9.70. The number of aromatic carboxylic acids is 1. The third-order valence-electron chi connectivity index (χ3n) is 4.11. The molecule has 3 atom stereocenters. The van der Waals surface area contributed by atoms with Crippen LogP contribution in [0.15, 0.2) is 15.4 Å². The molecule has 1 aliphatic carbocycles. The number of furan rings is 1. The highest BCUT2D eigenvalue weighted by Gasteiger charge is 2.31. The Bertz CT molecular complexity index is 634. The van der Waals surface area contributed by atoms with Crippen LogP contribution in [0, 0.1) is 18.8 Å². The quantitative estimate of drug-likeness (QED) is 0.889. The third kappa shape index (κ3) is 3.47. The summed E-state index contributed by atoms with van der Waals surface area (Å²) in [5.41, 5.74) is 0. The largest absolute Gasteiger partial charge is 0.475 e. The molecule has 3 unspecified atom stereocenters. The Hall–Kier alpha value is -1.34. The second-order valence-corrected chi connectivity index (χ2v) is 7.64. The lowest BCUT2D eigenvalue weighted by molar-refractivity contribution is 0.0661. The fraction of sp³-hybridized carbons (Fsp3) is 0.643. The Morgan fingerprint density at radius 2 is 2.05 bits per heavy atom. The fourth-order valence-electron chi connectivity index (χ4n) is 2.94. The van der Waals surface area contributed by atoms with Crippen LogP contribution in [0.2, 0.25) is 0 Å². The molecule has 1 fully saturated rings. The van der Waals surface area contributed by atoms with Gasteiger partial charge < -0.3 is 9.52 Å². The van der Waals surface area contributed by atoms with Gasteiger partial charge in [-0.05, 0) is 38.0 Å². The van der Waals surface area contributed by atoms with E-state index in [0.717, 1.165) is 25.3 Å². The number of rotatable bonds is 4. The number of hydrogen-bond donors (Lipinski definition) is 2. The fourth-order valence-corrected chi connectivity index (χ4v) is 4.50. The van der Waals surface area contributed by atoms with E-state index >= 15 is 0 Å². The zero-order valence-corrected chi connectivity index (χ0v) is 13.2. The lowest BCUT2D eigenvalue weighted by atomic mass is 9.80. The van der Waals surface area contributed by atoms with Crippen LogP contribution in [-0.4, -0.2) is 25.5 Å². The zero-order valence-electron chi connectivity index (χ0n) is 12.4. The van der Waals surface area contributed by atoms with Crippen molar-refractivity contribution in [2.75, 3.05) is 0 Å². The van der Waals surface area contributed by atoms with Crippen molar-refractivity contribution in [3.63, 3.8) is 0 Å². The molecule has 118 valence electrons. The number of nitrogens with one attached hydrogen (secondary N) is 1. The minimum absolute atomic E-state index is 0.0919. The number of sulfonamides is 1. The van der Waals surface area contributed by atoms with Crippen molar-refractivity contribution in [3.8, 4) is 0 Å². The van der Waals surface area contributed by atoms with Gasteiger partial charge >= 0.3 is 5.97 Å². The molecule has 1 heterocycles. The minimum Gasteiger partial charge on any atom is -0.475 e. The van der Waals surface area contributed by atoms with Gasteiger partial charge in [0.25, 0.3) is 0 Å². The van der Waals surface area contributed by atoms with E-state index in [2.05, 4.69) is 11.6 Å². The smallest absolute Gasteiger partial charge is 0.371 e. The van der Waals surface area contributed by atoms with E-state index in [-0.39, 0.29) is 28.4 Å². The highest BCUT2D eigenvalue weighted by Crippen LogP contribution is 2.30. The van der Waals surface area contributed by atoms with Crippen LogP contribution in [0.1, 0.15) is 49.4 Å². The lowest BCUT2D eigenvalue weighted by Crippen LogP contribution is -2.42. The predicted molar refractivity (Wildman–Crippen MR) is 76.7 cm³/mol. The van der Waals surface area contributed by atoms with E-state index in [1.165, 1.54) is 6.92 Å². The molecule has 0 bridgehead atoms. The third-order valence-corrected chi connectivity index (χ3v) is 5.71. The van der Waals surface area contributed by atoms with Gasteiger partial charge in [-0.25, -0.2) is 17.9 Å². The van der Waals surface area contributed by atoms with Gasteiger partial charge in [-0.15, -0.1) is 0 Å². The van der Waals surface area contributed by atoms with Gasteiger partial charge in [0.2, 0.25) is 15.8 Å². The first-order valence-electron chi connectivity index (χ1n) is 7.06. The number of carbonyl (C=O) groups is 1. The number of carboxylic acids is 1. The summed E-state index contributed by atoms with van der Waals surface area (Å²) in [5, 5.41) is 8.87. The first kappa shape index (κ1) is 16.0. The lowest BCUT2D eigenvalue weighted by Gasteiger charge is -2.32. The van der Waals surface area contributed by atoms with Crippen LogP contribution in [0.4, 0.5) is 0 Å². The average molecular weight is 315 g/mol. The molecule has 0 amide bonds. The number of hydrogen-bond acceptors (Lipinski definition) is 4. The van der Waals surface area contributed by atoms with Gasteiger partial charge in [0.15, 0.2) is 0 Å². The Morgan fingerprint density at radius 3 is 2.57 bits per heavy atom. The Morgan fingerprint density at radius 1 is 1.38 bits per heavy atom. The normalized spacial score (nSPS) is 26.7. The van der Waals surface area contributed by atoms with Crippen molar-refractivity contribution in [2.24, 2.45) is 11.8 Å². The highest BCUT2D eigenvalue weighted by atomic mass is 32.2. The Labute approximate surface area is 124 Å². The van der Waals surface area contributed by atoms with Gasteiger partial charge in [0, 0.05) is 12.1 Å². The molecule has 0 aliphatic heterocycles. The summed E-state index contributed by atoms with van der Waals surface area (Å²) in [5.74, 6) is -0.681. The first-order valence-corrected chi connectivity index (χ1v) is 8.55. The molecule has 21 heavy (non-hydrogen) atoms. The van der Waals surface area contributed by atoms with E-state index in [0.29, 0.717) is 5.92 Å². The average Bonchev–Trinajstić information content (AvgIpc) is 2.76. The van der Waals surface area contributed by atoms with E-state index in [1.807, 2.05) is 6.92 Å². The van der Waals surface area contributed by atoms with Crippen molar-refractivity contribution in [1.82, 2.24) is 4.72 Å². The molecule has 0 radical (unpaired) electrons. The molecule has 1 aliphatic rings. The van der Waals surface area contributed by atoms with Gasteiger partial charge in [0.1, 0.15) is 10.7 Å². The molecule has 6 nitrogen and oxygen atoms in total. The summed E-state index contributed by atoms with van der Waals surface area (Å²) in [6, 6.07) is 0.949. The van der Waals surface area contributed by atoms with Crippen molar-refractivity contribution < 1.29 is 22.7 Å². The van der Waals surface area contributed by atoms with E-state index in [9.17, 15) is 13.2 Å². The molecule has 1 aromatic rings.